The molecular weight excluding hydrogens is 410 g/mol. The fourth-order valence-corrected chi connectivity index (χ4v) is 5.00. The zero-order chi connectivity index (χ0) is 21.0. The lowest BCUT2D eigenvalue weighted by Crippen LogP contribution is -2.50. The van der Waals surface area contributed by atoms with Gasteiger partial charge in [-0.2, -0.15) is 0 Å². The van der Waals surface area contributed by atoms with Gasteiger partial charge in [-0.15, -0.1) is 11.3 Å². The monoisotopic (exact) mass is 437 g/mol. The first-order valence-corrected chi connectivity index (χ1v) is 11.5. The van der Waals surface area contributed by atoms with Crippen LogP contribution in [-0.4, -0.2) is 66.2 Å². The predicted molar refractivity (Wildman–Crippen MR) is 122 cm³/mol. The average Bonchev–Trinajstić information content (AvgIpc) is 3.55. The normalized spacial score (nSPS) is 22.0. The number of ether oxygens (including phenoxy) is 1. The number of hydrogen-bond acceptors (Lipinski definition) is 6. The highest BCUT2D eigenvalue weighted by Crippen LogP contribution is 2.25. The van der Waals surface area contributed by atoms with Crippen molar-refractivity contribution in [3.05, 3.63) is 65.4 Å². The van der Waals surface area contributed by atoms with E-state index in [-0.39, 0.29) is 6.10 Å². The van der Waals surface area contributed by atoms with E-state index in [4.69, 9.17) is 9.15 Å². The van der Waals surface area contributed by atoms with Crippen LogP contribution in [0.5, 0.6) is 0 Å². The third-order valence-corrected chi connectivity index (χ3v) is 6.73. The van der Waals surface area contributed by atoms with E-state index in [9.17, 15) is 0 Å². The van der Waals surface area contributed by atoms with Crippen molar-refractivity contribution in [1.82, 2.24) is 20.1 Å². The first kappa shape index (κ1) is 20.2. The Balaban J connectivity index is 1.21. The maximum Gasteiger partial charge on any atom is 0.236 e. The van der Waals surface area contributed by atoms with Crippen LogP contribution in [0.3, 0.4) is 0 Å². The molecule has 2 aromatic heterocycles. The molecule has 0 bridgehead atoms. The van der Waals surface area contributed by atoms with E-state index in [1.54, 1.807) is 17.6 Å². The Kier molecular flexibility index (Phi) is 6.01. The van der Waals surface area contributed by atoms with Crippen molar-refractivity contribution in [2.45, 2.75) is 25.2 Å². The molecule has 0 spiro atoms. The number of oxazole rings is 1. The number of nitrogens with zero attached hydrogens (tertiary/aromatic N) is 4. The van der Waals surface area contributed by atoms with Gasteiger partial charge in [-0.1, -0.05) is 36.4 Å². The summed E-state index contributed by atoms with van der Waals surface area (Å²) in [6.07, 6.45) is 1.91. The molecule has 2 unspecified atom stereocenters. The smallest absolute Gasteiger partial charge is 0.236 e. The van der Waals surface area contributed by atoms with Crippen molar-refractivity contribution < 1.29 is 9.15 Å². The summed E-state index contributed by atoms with van der Waals surface area (Å²) >= 11 is 1.62. The summed E-state index contributed by atoms with van der Waals surface area (Å²) in [5, 5.41) is 5.47. The van der Waals surface area contributed by atoms with E-state index < -0.39 is 0 Å². The molecule has 162 valence electrons. The van der Waals surface area contributed by atoms with Gasteiger partial charge in [-0.05, 0) is 17.0 Å². The van der Waals surface area contributed by atoms with Crippen LogP contribution in [0.1, 0.15) is 11.3 Å². The Morgan fingerprint density at radius 2 is 2.13 bits per heavy atom. The number of morpholine rings is 1. The van der Waals surface area contributed by atoms with Gasteiger partial charge in [0.25, 0.3) is 0 Å². The van der Waals surface area contributed by atoms with E-state index in [1.807, 2.05) is 24.6 Å². The van der Waals surface area contributed by atoms with Crippen LogP contribution >= 0.6 is 11.3 Å². The van der Waals surface area contributed by atoms with Crippen LogP contribution in [0, 0.1) is 0 Å². The summed E-state index contributed by atoms with van der Waals surface area (Å²) in [6.45, 7) is 5.00. The summed E-state index contributed by atoms with van der Waals surface area (Å²) in [5.74, 6) is 1.54. The molecular formula is C23H27N5O2S. The number of likely N-dealkylation sites (tertiary alicyclic amines) is 1. The molecule has 7 nitrogen and oxygen atoms in total. The van der Waals surface area contributed by atoms with Gasteiger partial charge in [0.1, 0.15) is 6.26 Å². The van der Waals surface area contributed by atoms with Crippen LogP contribution in [-0.2, 0) is 17.8 Å². The van der Waals surface area contributed by atoms with Gasteiger partial charge in [-0.25, -0.2) is 4.98 Å². The molecule has 2 atom stereocenters. The van der Waals surface area contributed by atoms with Gasteiger partial charge >= 0.3 is 0 Å². The Morgan fingerprint density at radius 3 is 2.94 bits per heavy atom. The lowest BCUT2D eigenvalue weighted by Gasteiger charge is -2.36. The highest BCUT2D eigenvalue weighted by Gasteiger charge is 2.41. The molecule has 4 heterocycles. The SMILES string of the molecule is CN=C(NCc1coc(-c2cccs2)n1)N1CC2OCCN(Cc3ccccc3)C2C1. The highest BCUT2D eigenvalue weighted by atomic mass is 32.1. The number of fused-ring (bicyclic) bond motifs is 1. The van der Waals surface area contributed by atoms with Gasteiger partial charge in [0, 0.05) is 33.2 Å². The van der Waals surface area contributed by atoms with Crippen LogP contribution < -0.4 is 5.32 Å². The minimum absolute atomic E-state index is 0.202. The molecule has 3 aromatic rings. The second-order valence-electron chi connectivity index (χ2n) is 7.86. The first-order chi connectivity index (χ1) is 15.3. The summed E-state index contributed by atoms with van der Waals surface area (Å²) in [4.78, 5) is 15.0. The summed E-state index contributed by atoms with van der Waals surface area (Å²) in [7, 11) is 1.83. The van der Waals surface area contributed by atoms with Crippen molar-refractivity contribution in [3.8, 4) is 10.8 Å². The third-order valence-electron chi connectivity index (χ3n) is 5.87. The fourth-order valence-electron chi connectivity index (χ4n) is 4.35. The number of thiophene rings is 1. The van der Waals surface area contributed by atoms with Gasteiger partial charge in [-0.3, -0.25) is 9.89 Å². The topological polar surface area (TPSA) is 66.1 Å². The first-order valence-electron chi connectivity index (χ1n) is 10.6. The Labute approximate surface area is 186 Å². The van der Waals surface area contributed by atoms with Gasteiger partial charge in [0.15, 0.2) is 5.96 Å². The number of rotatable bonds is 5. The molecule has 0 amide bonds. The van der Waals surface area contributed by atoms with Crippen molar-refractivity contribution in [2.75, 3.05) is 33.3 Å². The maximum absolute atomic E-state index is 6.11. The lowest BCUT2D eigenvalue weighted by atomic mass is 10.1. The minimum atomic E-state index is 0.202. The number of guanidine groups is 1. The van der Waals surface area contributed by atoms with Crippen LogP contribution in [0.25, 0.3) is 10.8 Å². The predicted octanol–water partition coefficient (Wildman–Crippen LogP) is 3.06. The molecule has 2 fully saturated rings. The van der Waals surface area contributed by atoms with E-state index >= 15 is 0 Å². The van der Waals surface area contributed by atoms with Crippen LogP contribution in [0.15, 0.2) is 63.5 Å². The number of nitrogens with one attached hydrogen (secondary N) is 1. The van der Waals surface area contributed by atoms with Crippen molar-refractivity contribution in [2.24, 2.45) is 4.99 Å². The molecule has 2 saturated heterocycles. The molecule has 2 aliphatic rings. The number of benzene rings is 1. The summed E-state index contributed by atoms with van der Waals surface area (Å²) in [6, 6.07) is 15.0. The van der Waals surface area contributed by atoms with E-state index in [2.05, 4.69) is 55.4 Å². The second kappa shape index (κ2) is 9.21. The Hall–Kier alpha value is -2.68. The number of aliphatic imine (C=N–C) groups is 1. The maximum atomic E-state index is 6.11. The quantitative estimate of drug-likeness (QED) is 0.489. The van der Waals surface area contributed by atoms with Crippen LogP contribution in [0.4, 0.5) is 0 Å². The van der Waals surface area contributed by atoms with Gasteiger partial charge in [0.05, 0.1) is 35.9 Å². The van der Waals surface area contributed by atoms with Gasteiger partial charge in [0.2, 0.25) is 5.89 Å². The highest BCUT2D eigenvalue weighted by molar-refractivity contribution is 7.13. The van der Waals surface area contributed by atoms with Crippen molar-refractivity contribution in [1.29, 1.82) is 0 Å². The third kappa shape index (κ3) is 4.51. The average molecular weight is 438 g/mol. The fraction of sp³-hybridized carbons (Fsp3) is 0.391. The van der Waals surface area contributed by atoms with Crippen molar-refractivity contribution >= 4 is 17.3 Å². The van der Waals surface area contributed by atoms with Crippen molar-refractivity contribution in [3.63, 3.8) is 0 Å². The Bertz CT molecular complexity index is 1000. The number of hydrogen-bond donors (Lipinski definition) is 1. The minimum Gasteiger partial charge on any atom is -0.443 e. The largest absolute Gasteiger partial charge is 0.443 e. The van der Waals surface area contributed by atoms with E-state index in [1.165, 1.54) is 5.56 Å². The van der Waals surface area contributed by atoms with E-state index in [0.29, 0.717) is 18.5 Å². The molecule has 8 heteroatoms. The molecule has 0 radical (unpaired) electrons. The van der Waals surface area contributed by atoms with E-state index in [0.717, 1.165) is 49.3 Å². The van der Waals surface area contributed by atoms with Gasteiger partial charge < -0.3 is 19.4 Å². The molecule has 2 aliphatic heterocycles. The molecule has 31 heavy (non-hydrogen) atoms. The Morgan fingerprint density at radius 1 is 1.23 bits per heavy atom. The molecule has 0 saturated carbocycles. The second-order valence-corrected chi connectivity index (χ2v) is 8.81. The zero-order valence-electron chi connectivity index (χ0n) is 17.6. The summed E-state index contributed by atoms with van der Waals surface area (Å²) in [5.41, 5.74) is 2.21. The van der Waals surface area contributed by atoms with Crippen LogP contribution in [0.2, 0.25) is 0 Å². The molecule has 0 aliphatic carbocycles. The zero-order valence-corrected chi connectivity index (χ0v) is 18.4. The lowest BCUT2D eigenvalue weighted by molar-refractivity contribution is -0.0502. The molecule has 1 N–H and O–H groups in total. The summed E-state index contributed by atoms with van der Waals surface area (Å²) < 4.78 is 11.7. The molecule has 1 aromatic carbocycles. The molecule has 5 rings (SSSR count). The number of aromatic nitrogens is 1. The standard InChI is InChI=1S/C23H27N5O2S/c1-24-23(25-12-18-16-30-22(26-18)21-8-5-11-31-21)28-14-19-20(15-28)29-10-9-27(19)13-17-6-3-2-4-7-17/h2-8,11,16,19-20H,9-10,12-15H2,1H3,(H,24,25).